The number of piperazine rings is 1. The summed E-state index contributed by atoms with van der Waals surface area (Å²) in [5.74, 6) is -0.0705. The molecule has 0 aliphatic carbocycles. The topological polar surface area (TPSA) is 84.2 Å². The molecule has 1 fully saturated rings. The first-order valence-corrected chi connectivity index (χ1v) is 11.1. The molecule has 0 saturated carbocycles. The largest absolute Gasteiger partial charge is 0.507 e. The van der Waals surface area contributed by atoms with E-state index in [1.165, 1.54) is 0 Å². The van der Waals surface area contributed by atoms with Crippen LogP contribution in [0.25, 0.3) is 0 Å². The number of rotatable bonds is 7. The van der Waals surface area contributed by atoms with Crippen molar-refractivity contribution >= 4 is 17.7 Å². The molecule has 9 heteroatoms. The zero-order valence-electron chi connectivity index (χ0n) is 18.7. The third-order valence-corrected chi connectivity index (χ3v) is 6.06. The molecular formula is C23H30ClN3O5. The SMILES string of the molecule is CCOC(=O)N1CCN([C@@H](c2ccccc2Cl)c2c(O)cc(C)n(CCOC)c2=O)CC1. The summed E-state index contributed by atoms with van der Waals surface area (Å²) in [7, 11) is 1.58. The fourth-order valence-corrected chi connectivity index (χ4v) is 4.33. The molecule has 1 atom stereocenters. The fraction of sp³-hybridized carbons (Fsp3) is 0.478. The Hall–Kier alpha value is -2.55. The standard InChI is InChI=1S/C23H30ClN3O5/c1-4-32-23(30)26-11-9-25(10-12-26)21(17-7-5-6-8-18(17)24)20-19(28)15-16(2)27(22(20)29)13-14-31-3/h5-8,15,21,28H,4,9-14H2,1-3H3/t21-/m0/s1. The average Bonchev–Trinajstić information content (AvgIpc) is 2.77. The van der Waals surface area contributed by atoms with Crippen LogP contribution in [0.1, 0.15) is 29.8 Å². The van der Waals surface area contributed by atoms with E-state index in [1.54, 1.807) is 42.6 Å². The summed E-state index contributed by atoms with van der Waals surface area (Å²) in [6.07, 6.45) is -0.346. The highest BCUT2D eigenvalue weighted by Gasteiger charge is 2.33. The minimum atomic E-state index is -0.560. The summed E-state index contributed by atoms with van der Waals surface area (Å²) in [5, 5.41) is 11.4. The van der Waals surface area contributed by atoms with Gasteiger partial charge >= 0.3 is 6.09 Å². The Morgan fingerprint density at radius 3 is 2.53 bits per heavy atom. The van der Waals surface area contributed by atoms with Crippen LogP contribution in [0.3, 0.4) is 0 Å². The Morgan fingerprint density at radius 1 is 1.22 bits per heavy atom. The lowest BCUT2D eigenvalue weighted by Gasteiger charge is -2.39. The van der Waals surface area contributed by atoms with Gasteiger partial charge in [0.1, 0.15) is 5.75 Å². The second-order valence-corrected chi connectivity index (χ2v) is 8.09. The van der Waals surface area contributed by atoms with Crippen LogP contribution in [0.5, 0.6) is 5.75 Å². The quantitative estimate of drug-likeness (QED) is 0.679. The Balaban J connectivity index is 2.04. The van der Waals surface area contributed by atoms with Crippen molar-refractivity contribution in [3.05, 3.63) is 62.5 Å². The third-order valence-electron chi connectivity index (χ3n) is 5.72. The zero-order chi connectivity index (χ0) is 23.3. The van der Waals surface area contributed by atoms with Gasteiger partial charge in [0.25, 0.3) is 5.56 Å². The van der Waals surface area contributed by atoms with E-state index in [-0.39, 0.29) is 23.0 Å². The van der Waals surface area contributed by atoms with Crippen molar-refractivity contribution in [2.24, 2.45) is 0 Å². The first-order chi connectivity index (χ1) is 15.4. The number of carbonyl (C=O) groups excluding carboxylic acids is 1. The van der Waals surface area contributed by atoms with E-state index in [0.29, 0.717) is 56.7 Å². The Morgan fingerprint density at radius 2 is 1.91 bits per heavy atom. The maximum Gasteiger partial charge on any atom is 0.409 e. The number of aryl methyl sites for hydroxylation is 1. The number of aromatic hydroxyl groups is 1. The molecule has 1 aromatic carbocycles. The summed E-state index contributed by atoms with van der Waals surface area (Å²) in [4.78, 5) is 29.4. The summed E-state index contributed by atoms with van der Waals surface area (Å²) in [6, 6.07) is 8.36. The lowest BCUT2D eigenvalue weighted by molar-refractivity contribution is 0.0709. The second-order valence-electron chi connectivity index (χ2n) is 7.68. The molecule has 3 rings (SSSR count). The van der Waals surface area contributed by atoms with E-state index in [0.717, 1.165) is 5.56 Å². The molecule has 1 aliphatic heterocycles. The van der Waals surface area contributed by atoms with Crippen molar-refractivity contribution in [3.63, 3.8) is 0 Å². The summed E-state index contributed by atoms with van der Waals surface area (Å²) >= 11 is 6.55. The van der Waals surface area contributed by atoms with Gasteiger partial charge < -0.3 is 24.0 Å². The summed E-state index contributed by atoms with van der Waals surface area (Å²) in [5.41, 5.74) is 1.37. The first kappa shape index (κ1) is 24.1. The second kappa shape index (κ2) is 10.8. The van der Waals surface area contributed by atoms with Crippen LogP contribution < -0.4 is 5.56 Å². The van der Waals surface area contributed by atoms with Gasteiger partial charge in [0.05, 0.1) is 24.8 Å². The maximum atomic E-state index is 13.5. The number of nitrogens with zero attached hydrogens (tertiary/aromatic N) is 3. The van der Waals surface area contributed by atoms with Gasteiger partial charge in [0.2, 0.25) is 0 Å². The van der Waals surface area contributed by atoms with Crippen molar-refractivity contribution in [1.29, 1.82) is 0 Å². The third kappa shape index (κ3) is 5.09. The Labute approximate surface area is 192 Å². The van der Waals surface area contributed by atoms with Gasteiger partial charge in [-0.2, -0.15) is 0 Å². The predicted octanol–water partition coefficient (Wildman–Crippen LogP) is 3.03. The Bertz CT molecular complexity index is 1000. The minimum Gasteiger partial charge on any atom is -0.507 e. The van der Waals surface area contributed by atoms with Crippen LogP contribution in [0.4, 0.5) is 4.79 Å². The number of hydrogen-bond acceptors (Lipinski definition) is 6. The molecule has 0 spiro atoms. The highest BCUT2D eigenvalue weighted by Crippen LogP contribution is 2.36. The highest BCUT2D eigenvalue weighted by atomic mass is 35.5. The number of benzene rings is 1. The maximum absolute atomic E-state index is 13.5. The molecule has 2 heterocycles. The lowest BCUT2D eigenvalue weighted by Crippen LogP contribution is -2.50. The number of amides is 1. The van der Waals surface area contributed by atoms with E-state index in [4.69, 9.17) is 21.1 Å². The van der Waals surface area contributed by atoms with Crippen LogP contribution in [0.2, 0.25) is 5.02 Å². The van der Waals surface area contributed by atoms with E-state index in [2.05, 4.69) is 4.90 Å². The van der Waals surface area contributed by atoms with Gasteiger partial charge in [0.15, 0.2) is 0 Å². The number of aromatic nitrogens is 1. The average molecular weight is 464 g/mol. The molecule has 2 aromatic rings. The van der Waals surface area contributed by atoms with Crippen molar-refractivity contribution in [2.45, 2.75) is 26.4 Å². The van der Waals surface area contributed by atoms with Crippen LogP contribution >= 0.6 is 11.6 Å². The van der Waals surface area contributed by atoms with E-state index < -0.39 is 6.04 Å². The molecule has 1 aromatic heterocycles. The number of carbonyl (C=O) groups is 1. The minimum absolute atomic E-state index is 0.0705. The van der Waals surface area contributed by atoms with Crippen molar-refractivity contribution in [2.75, 3.05) is 46.5 Å². The van der Waals surface area contributed by atoms with E-state index in [1.807, 2.05) is 18.2 Å². The molecule has 32 heavy (non-hydrogen) atoms. The number of ether oxygens (including phenoxy) is 2. The smallest absolute Gasteiger partial charge is 0.409 e. The molecule has 1 N–H and O–H groups in total. The number of hydrogen-bond donors (Lipinski definition) is 1. The lowest BCUT2D eigenvalue weighted by atomic mass is 9.96. The monoisotopic (exact) mass is 463 g/mol. The molecular weight excluding hydrogens is 434 g/mol. The molecule has 0 unspecified atom stereocenters. The van der Waals surface area contributed by atoms with Crippen molar-refractivity contribution in [3.8, 4) is 5.75 Å². The predicted molar refractivity (Wildman–Crippen MR) is 122 cm³/mol. The summed E-state index contributed by atoms with van der Waals surface area (Å²) < 4.78 is 11.9. The van der Waals surface area contributed by atoms with Crippen molar-refractivity contribution < 1.29 is 19.4 Å². The molecule has 1 aliphatic rings. The number of pyridine rings is 1. The normalized spacial score (nSPS) is 15.6. The van der Waals surface area contributed by atoms with Gasteiger partial charge in [-0.1, -0.05) is 29.8 Å². The van der Waals surface area contributed by atoms with Crippen LogP contribution in [-0.4, -0.2) is 72.1 Å². The molecule has 174 valence electrons. The molecule has 1 amide bonds. The number of methoxy groups -OCH3 is 1. The Kier molecular flexibility index (Phi) is 8.17. The van der Waals surface area contributed by atoms with E-state index >= 15 is 0 Å². The van der Waals surface area contributed by atoms with Crippen LogP contribution in [0, 0.1) is 6.92 Å². The summed E-state index contributed by atoms with van der Waals surface area (Å²) in [6.45, 7) is 6.52. The van der Waals surface area contributed by atoms with Gasteiger partial charge in [0, 0.05) is 50.6 Å². The van der Waals surface area contributed by atoms with E-state index in [9.17, 15) is 14.7 Å². The van der Waals surface area contributed by atoms with Gasteiger partial charge in [-0.15, -0.1) is 0 Å². The fourth-order valence-electron chi connectivity index (χ4n) is 4.10. The zero-order valence-corrected chi connectivity index (χ0v) is 19.5. The van der Waals surface area contributed by atoms with Gasteiger partial charge in [-0.05, 0) is 31.5 Å². The number of halogens is 1. The molecule has 8 nitrogen and oxygen atoms in total. The molecule has 0 radical (unpaired) electrons. The van der Waals surface area contributed by atoms with Crippen molar-refractivity contribution in [1.82, 2.24) is 14.4 Å². The highest BCUT2D eigenvalue weighted by molar-refractivity contribution is 6.31. The molecule has 0 bridgehead atoms. The first-order valence-electron chi connectivity index (χ1n) is 10.7. The van der Waals surface area contributed by atoms with Crippen LogP contribution in [0.15, 0.2) is 35.1 Å². The van der Waals surface area contributed by atoms with Gasteiger partial charge in [-0.3, -0.25) is 9.69 Å². The molecule has 1 saturated heterocycles. The van der Waals surface area contributed by atoms with Gasteiger partial charge in [-0.25, -0.2) is 4.79 Å². The van der Waals surface area contributed by atoms with Crippen LogP contribution in [-0.2, 0) is 16.0 Å².